The van der Waals surface area contributed by atoms with Crippen molar-refractivity contribution in [2.75, 3.05) is 31.6 Å². The molecule has 1 unspecified atom stereocenters. The van der Waals surface area contributed by atoms with Crippen LogP contribution in [0, 0.1) is 16.0 Å². The standard InChI is InChI=1S/C14H18N4O3/c1-15-8-10-3-2-6-17(9-10)14-16-12-7-11(18(19)20)4-5-13(12)21-14/h4-5,7,10,15H,2-3,6,8-9H2,1H3. The van der Waals surface area contributed by atoms with Crippen LogP contribution in [0.25, 0.3) is 11.1 Å². The predicted octanol–water partition coefficient (Wildman–Crippen LogP) is 2.17. The van der Waals surface area contributed by atoms with Crippen molar-refractivity contribution < 1.29 is 9.34 Å². The van der Waals surface area contributed by atoms with Gasteiger partial charge in [0.25, 0.3) is 11.7 Å². The summed E-state index contributed by atoms with van der Waals surface area (Å²) in [5.74, 6) is 0.577. The van der Waals surface area contributed by atoms with Crippen LogP contribution >= 0.6 is 0 Å². The molecule has 1 aliphatic rings. The number of nitrogens with zero attached hydrogens (tertiary/aromatic N) is 3. The lowest BCUT2D eigenvalue weighted by molar-refractivity contribution is -0.384. The minimum Gasteiger partial charge on any atom is -0.423 e. The van der Waals surface area contributed by atoms with Crippen LogP contribution in [0.2, 0.25) is 0 Å². The van der Waals surface area contributed by atoms with Gasteiger partial charge in [-0.1, -0.05) is 0 Å². The summed E-state index contributed by atoms with van der Waals surface area (Å²) in [7, 11) is 1.96. The van der Waals surface area contributed by atoms with E-state index in [0.717, 1.165) is 26.1 Å². The summed E-state index contributed by atoms with van der Waals surface area (Å²) in [4.78, 5) is 16.9. The Labute approximate surface area is 122 Å². The summed E-state index contributed by atoms with van der Waals surface area (Å²) < 4.78 is 5.74. The van der Waals surface area contributed by atoms with Crippen molar-refractivity contribution in [3.05, 3.63) is 28.3 Å². The van der Waals surface area contributed by atoms with E-state index in [9.17, 15) is 10.1 Å². The number of piperidine rings is 1. The van der Waals surface area contributed by atoms with Crippen molar-refractivity contribution in [1.29, 1.82) is 0 Å². The van der Waals surface area contributed by atoms with E-state index in [0.29, 0.717) is 23.0 Å². The van der Waals surface area contributed by atoms with Crippen molar-refractivity contribution in [1.82, 2.24) is 10.3 Å². The van der Waals surface area contributed by atoms with Crippen LogP contribution in [-0.4, -0.2) is 36.6 Å². The predicted molar refractivity (Wildman–Crippen MR) is 79.5 cm³/mol. The molecule has 0 radical (unpaired) electrons. The molecule has 0 spiro atoms. The molecule has 2 aromatic rings. The number of benzene rings is 1. The average molecular weight is 290 g/mol. The molecule has 112 valence electrons. The Bertz CT molecular complexity index is 653. The van der Waals surface area contributed by atoms with E-state index in [2.05, 4.69) is 15.2 Å². The zero-order chi connectivity index (χ0) is 14.8. The number of rotatable bonds is 4. The molecular weight excluding hydrogens is 272 g/mol. The highest BCUT2D eigenvalue weighted by molar-refractivity contribution is 5.77. The van der Waals surface area contributed by atoms with Crippen LogP contribution in [0.1, 0.15) is 12.8 Å². The zero-order valence-corrected chi connectivity index (χ0v) is 11.9. The van der Waals surface area contributed by atoms with Crippen LogP contribution in [0.3, 0.4) is 0 Å². The second kappa shape index (κ2) is 5.69. The lowest BCUT2D eigenvalue weighted by Gasteiger charge is -2.31. The summed E-state index contributed by atoms with van der Waals surface area (Å²) in [5, 5.41) is 14.0. The van der Waals surface area contributed by atoms with Crippen LogP contribution in [-0.2, 0) is 0 Å². The Kier molecular flexibility index (Phi) is 3.74. The molecule has 0 amide bonds. The maximum atomic E-state index is 10.8. The first kappa shape index (κ1) is 13.8. The maximum Gasteiger partial charge on any atom is 0.298 e. The third-order valence-corrected chi connectivity index (χ3v) is 3.85. The van der Waals surface area contributed by atoms with Gasteiger partial charge < -0.3 is 14.6 Å². The van der Waals surface area contributed by atoms with Gasteiger partial charge >= 0.3 is 0 Å². The fourth-order valence-electron chi connectivity index (χ4n) is 2.85. The van der Waals surface area contributed by atoms with E-state index in [-0.39, 0.29) is 5.69 Å². The van der Waals surface area contributed by atoms with Gasteiger partial charge in [-0.25, -0.2) is 0 Å². The molecule has 0 aliphatic carbocycles. The van der Waals surface area contributed by atoms with Crippen molar-refractivity contribution in [3.63, 3.8) is 0 Å². The Morgan fingerprint density at radius 1 is 1.57 bits per heavy atom. The molecule has 7 heteroatoms. The van der Waals surface area contributed by atoms with Gasteiger partial charge in [-0.2, -0.15) is 4.98 Å². The topological polar surface area (TPSA) is 84.4 Å². The van der Waals surface area contributed by atoms with Crippen LogP contribution in [0.4, 0.5) is 11.7 Å². The first-order chi connectivity index (χ1) is 10.2. The van der Waals surface area contributed by atoms with Gasteiger partial charge in [0, 0.05) is 25.2 Å². The number of hydrogen-bond donors (Lipinski definition) is 1. The second-order valence-corrected chi connectivity index (χ2v) is 5.42. The highest BCUT2D eigenvalue weighted by Crippen LogP contribution is 2.28. The number of non-ortho nitro benzene ring substituents is 1. The van der Waals surface area contributed by atoms with Gasteiger partial charge in [0.1, 0.15) is 5.52 Å². The van der Waals surface area contributed by atoms with Gasteiger partial charge in [0.2, 0.25) is 0 Å². The van der Waals surface area contributed by atoms with Crippen LogP contribution in [0.15, 0.2) is 22.6 Å². The van der Waals surface area contributed by atoms with Gasteiger partial charge in [-0.15, -0.1) is 0 Å². The molecule has 0 bridgehead atoms. The molecule has 0 saturated carbocycles. The number of nitro benzene ring substituents is 1. The number of fused-ring (bicyclic) bond motifs is 1. The molecule has 2 heterocycles. The second-order valence-electron chi connectivity index (χ2n) is 5.42. The molecule has 1 saturated heterocycles. The fraction of sp³-hybridized carbons (Fsp3) is 0.500. The van der Waals surface area contributed by atoms with Crippen molar-refractivity contribution >= 4 is 22.8 Å². The van der Waals surface area contributed by atoms with Crippen LogP contribution in [0.5, 0.6) is 0 Å². The van der Waals surface area contributed by atoms with E-state index in [1.807, 2.05) is 7.05 Å². The summed E-state index contributed by atoms with van der Waals surface area (Å²) in [6.07, 6.45) is 2.30. The number of aromatic nitrogens is 1. The van der Waals surface area contributed by atoms with E-state index in [1.54, 1.807) is 6.07 Å². The van der Waals surface area contributed by atoms with E-state index < -0.39 is 4.92 Å². The highest BCUT2D eigenvalue weighted by Gasteiger charge is 2.23. The molecule has 7 nitrogen and oxygen atoms in total. The molecule has 1 aromatic heterocycles. The quantitative estimate of drug-likeness (QED) is 0.686. The molecule has 1 aromatic carbocycles. The Morgan fingerprint density at radius 2 is 2.43 bits per heavy atom. The number of nitrogens with one attached hydrogen (secondary N) is 1. The molecule has 1 fully saturated rings. The van der Waals surface area contributed by atoms with E-state index in [4.69, 9.17) is 4.42 Å². The number of oxazole rings is 1. The fourth-order valence-corrected chi connectivity index (χ4v) is 2.85. The number of nitro groups is 1. The van der Waals surface area contributed by atoms with Gasteiger partial charge in [0.05, 0.1) is 4.92 Å². The van der Waals surface area contributed by atoms with Gasteiger partial charge in [-0.3, -0.25) is 10.1 Å². The van der Waals surface area contributed by atoms with E-state index >= 15 is 0 Å². The summed E-state index contributed by atoms with van der Waals surface area (Å²) in [5.41, 5.74) is 1.16. The van der Waals surface area contributed by atoms with Crippen molar-refractivity contribution in [3.8, 4) is 0 Å². The first-order valence-corrected chi connectivity index (χ1v) is 7.12. The Balaban J connectivity index is 1.85. The van der Waals surface area contributed by atoms with Gasteiger partial charge in [-0.05, 0) is 38.4 Å². The minimum absolute atomic E-state index is 0.0362. The highest BCUT2D eigenvalue weighted by atomic mass is 16.6. The summed E-state index contributed by atoms with van der Waals surface area (Å²) >= 11 is 0. The normalized spacial score (nSPS) is 19.1. The minimum atomic E-state index is -0.419. The molecule has 1 atom stereocenters. The average Bonchev–Trinajstić information content (AvgIpc) is 2.91. The summed E-state index contributed by atoms with van der Waals surface area (Å²) in [6, 6.07) is 5.07. The third kappa shape index (κ3) is 2.82. The van der Waals surface area contributed by atoms with Crippen molar-refractivity contribution in [2.24, 2.45) is 5.92 Å². The largest absolute Gasteiger partial charge is 0.423 e. The molecule has 1 N–H and O–H groups in total. The Hall–Kier alpha value is -2.15. The van der Waals surface area contributed by atoms with Crippen LogP contribution < -0.4 is 10.2 Å². The lowest BCUT2D eigenvalue weighted by Crippen LogP contribution is -2.39. The summed E-state index contributed by atoms with van der Waals surface area (Å²) in [6.45, 7) is 2.78. The third-order valence-electron chi connectivity index (χ3n) is 3.85. The monoisotopic (exact) mass is 290 g/mol. The number of hydrogen-bond acceptors (Lipinski definition) is 6. The zero-order valence-electron chi connectivity index (χ0n) is 11.9. The molecule has 1 aliphatic heterocycles. The number of anilines is 1. The SMILES string of the molecule is CNCC1CCCN(c2nc3cc([N+](=O)[O-])ccc3o2)C1. The van der Waals surface area contributed by atoms with Crippen molar-refractivity contribution in [2.45, 2.75) is 12.8 Å². The van der Waals surface area contributed by atoms with Gasteiger partial charge in [0.15, 0.2) is 5.58 Å². The lowest BCUT2D eigenvalue weighted by atomic mass is 9.98. The maximum absolute atomic E-state index is 10.8. The smallest absolute Gasteiger partial charge is 0.298 e. The molecular formula is C14H18N4O3. The Morgan fingerprint density at radius 3 is 3.19 bits per heavy atom. The first-order valence-electron chi connectivity index (χ1n) is 7.12. The molecule has 21 heavy (non-hydrogen) atoms. The van der Waals surface area contributed by atoms with E-state index in [1.165, 1.54) is 18.6 Å². The molecule has 3 rings (SSSR count).